The van der Waals surface area contributed by atoms with Crippen molar-refractivity contribution in [2.45, 2.75) is 38.3 Å². The van der Waals surface area contributed by atoms with Crippen molar-refractivity contribution in [2.75, 3.05) is 6.61 Å². The molecule has 0 aromatic carbocycles. The van der Waals surface area contributed by atoms with E-state index >= 15 is 0 Å². The predicted molar refractivity (Wildman–Crippen MR) is 82.4 cm³/mol. The molecule has 2 aromatic rings. The number of rotatable bonds is 4. The van der Waals surface area contributed by atoms with Crippen LogP contribution in [0.4, 0.5) is 0 Å². The lowest BCUT2D eigenvalue weighted by molar-refractivity contribution is -0.0760. The third-order valence-electron chi connectivity index (χ3n) is 3.91. The van der Waals surface area contributed by atoms with Crippen LogP contribution in [0.1, 0.15) is 48.1 Å². The molecule has 7 heteroatoms. The smallest absolute Gasteiger partial charge is 0.272 e. The Hall–Kier alpha value is -2.41. The van der Waals surface area contributed by atoms with Gasteiger partial charge in [-0.25, -0.2) is 9.97 Å². The van der Waals surface area contributed by atoms with Crippen LogP contribution in [0.5, 0.6) is 0 Å². The molecule has 1 fully saturated rings. The van der Waals surface area contributed by atoms with E-state index in [-0.39, 0.29) is 11.6 Å². The number of aromatic nitrogens is 4. The molecule has 120 valence electrons. The van der Waals surface area contributed by atoms with Crippen molar-refractivity contribution < 1.29 is 9.53 Å². The maximum Gasteiger partial charge on any atom is 0.272 e. The number of carbonyl (C=O) groups excluding carboxylic acids is 1. The van der Waals surface area contributed by atoms with Crippen LogP contribution >= 0.6 is 0 Å². The molecule has 23 heavy (non-hydrogen) atoms. The quantitative estimate of drug-likeness (QED) is 0.922. The molecular weight excluding hydrogens is 294 g/mol. The zero-order valence-corrected chi connectivity index (χ0v) is 13.0. The molecule has 1 aliphatic rings. The second kappa shape index (κ2) is 6.78. The highest BCUT2D eigenvalue weighted by molar-refractivity contribution is 5.91. The van der Waals surface area contributed by atoms with E-state index in [1.165, 1.54) is 6.20 Å². The molecule has 3 heterocycles. The summed E-state index contributed by atoms with van der Waals surface area (Å²) in [5.41, 5.74) is 0.707. The average molecular weight is 313 g/mol. The van der Waals surface area contributed by atoms with Crippen LogP contribution in [0.25, 0.3) is 0 Å². The van der Waals surface area contributed by atoms with E-state index in [2.05, 4.69) is 25.5 Å². The van der Waals surface area contributed by atoms with Crippen molar-refractivity contribution in [3.8, 4) is 0 Å². The third-order valence-corrected chi connectivity index (χ3v) is 3.91. The first-order valence-corrected chi connectivity index (χ1v) is 7.69. The van der Waals surface area contributed by atoms with Gasteiger partial charge in [0.25, 0.3) is 5.91 Å². The summed E-state index contributed by atoms with van der Waals surface area (Å²) in [5.74, 6) is 0.422. The average Bonchev–Trinajstić information content (AvgIpc) is 2.61. The molecule has 3 rings (SSSR count). The summed E-state index contributed by atoms with van der Waals surface area (Å²) in [5, 5.41) is 10.2. The fraction of sp³-hybridized carbons (Fsp3) is 0.438. The highest BCUT2D eigenvalue weighted by Gasteiger charge is 2.32. The first-order valence-electron chi connectivity index (χ1n) is 7.69. The normalized spacial score (nSPS) is 20.9. The number of ether oxygens (including phenoxy) is 1. The summed E-state index contributed by atoms with van der Waals surface area (Å²) in [6.45, 7) is 3.11. The minimum absolute atomic E-state index is 0.273. The van der Waals surface area contributed by atoms with Gasteiger partial charge in [-0.2, -0.15) is 5.10 Å². The van der Waals surface area contributed by atoms with Gasteiger partial charge in [-0.15, -0.1) is 5.10 Å². The molecule has 0 unspecified atom stereocenters. The van der Waals surface area contributed by atoms with Gasteiger partial charge in [0.05, 0.1) is 0 Å². The van der Waals surface area contributed by atoms with Gasteiger partial charge < -0.3 is 10.1 Å². The Balaban J connectivity index is 1.60. The SMILES string of the molecule is C[C@@]1(c2ncc(CNC(=O)c3cccnn3)cn2)CCCCO1. The maximum atomic E-state index is 11.9. The second-order valence-corrected chi connectivity index (χ2v) is 5.74. The Morgan fingerprint density at radius 3 is 2.83 bits per heavy atom. The van der Waals surface area contributed by atoms with Crippen molar-refractivity contribution in [3.05, 3.63) is 47.8 Å². The summed E-state index contributed by atoms with van der Waals surface area (Å²) >= 11 is 0. The first kappa shape index (κ1) is 15.5. The fourth-order valence-electron chi connectivity index (χ4n) is 2.53. The van der Waals surface area contributed by atoms with E-state index in [1.54, 1.807) is 24.5 Å². The van der Waals surface area contributed by atoms with Gasteiger partial charge in [-0.3, -0.25) is 4.79 Å². The molecular formula is C16H19N5O2. The van der Waals surface area contributed by atoms with Gasteiger partial charge in [-0.1, -0.05) is 0 Å². The van der Waals surface area contributed by atoms with Gasteiger partial charge in [-0.05, 0) is 38.3 Å². The lowest BCUT2D eigenvalue weighted by Gasteiger charge is -2.32. The van der Waals surface area contributed by atoms with Crippen LogP contribution in [0.2, 0.25) is 0 Å². The fourth-order valence-corrected chi connectivity index (χ4v) is 2.53. The van der Waals surface area contributed by atoms with Crippen molar-refractivity contribution >= 4 is 5.91 Å². The van der Waals surface area contributed by atoms with Gasteiger partial charge in [0.1, 0.15) is 5.60 Å². The molecule has 0 saturated carbocycles. The maximum absolute atomic E-state index is 11.9. The monoisotopic (exact) mass is 313 g/mol. The summed E-state index contributed by atoms with van der Waals surface area (Å²) in [6.07, 6.45) is 8.11. The molecule has 1 aliphatic heterocycles. The Morgan fingerprint density at radius 1 is 1.35 bits per heavy atom. The number of nitrogens with zero attached hydrogens (tertiary/aromatic N) is 4. The minimum Gasteiger partial charge on any atom is -0.367 e. The summed E-state index contributed by atoms with van der Waals surface area (Å²) in [7, 11) is 0. The standard InChI is InChI=1S/C16H19N5O2/c1-16(6-2-3-8-23-16)15-18-10-12(11-19-15)9-17-14(22)13-5-4-7-20-21-13/h4-5,7,10-11H,2-3,6,8-9H2,1H3,(H,17,22)/t16-/m0/s1. The first-order chi connectivity index (χ1) is 11.2. The molecule has 1 N–H and O–H groups in total. The molecule has 1 amide bonds. The molecule has 0 aliphatic carbocycles. The molecule has 1 atom stereocenters. The van der Waals surface area contributed by atoms with Crippen molar-refractivity contribution in [2.24, 2.45) is 0 Å². The summed E-state index contributed by atoms with van der Waals surface area (Å²) in [6, 6.07) is 3.29. The highest BCUT2D eigenvalue weighted by atomic mass is 16.5. The van der Waals surface area contributed by atoms with Crippen LogP contribution in [-0.4, -0.2) is 32.7 Å². The molecule has 0 radical (unpaired) electrons. The van der Waals surface area contributed by atoms with E-state index in [4.69, 9.17) is 4.74 Å². The Kier molecular flexibility index (Phi) is 4.57. The number of nitrogens with one attached hydrogen (secondary N) is 1. The van der Waals surface area contributed by atoms with Crippen molar-refractivity contribution in [3.63, 3.8) is 0 Å². The van der Waals surface area contributed by atoms with Crippen LogP contribution in [-0.2, 0) is 16.9 Å². The highest BCUT2D eigenvalue weighted by Crippen LogP contribution is 2.32. The third kappa shape index (κ3) is 3.68. The van der Waals surface area contributed by atoms with E-state index in [0.29, 0.717) is 12.4 Å². The molecule has 1 saturated heterocycles. The van der Waals surface area contributed by atoms with E-state index in [9.17, 15) is 4.79 Å². The van der Waals surface area contributed by atoms with Crippen molar-refractivity contribution in [1.29, 1.82) is 0 Å². The summed E-state index contributed by atoms with van der Waals surface area (Å²) in [4.78, 5) is 20.7. The number of carbonyl (C=O) groups is 1. The van der Waals surface area contributed by atoms with Crippen LogP contribution in [0, 0.1) is 0 Å². The lowest BCUT2D eigenvalue weighted by atomic mass is 9.95. The van der Waals surface area contributed by atoms with E-state index in [1.807, 2.05) is 6.92 Å². The van der Waals surface area contributed by atoms with Crippen LogP contribution in [0.3, 0.4) is 0 Å². The van der Waals surface area contributed by atoms with Gasteiger partial charge in [0.15, 0.2) is 11.5 Å². The number of hydrogen-bond donors (Lipinski definition) is 1. The van der Waals surface area contributed by atoms with Gasteiger partial charge in [0.2, 0.25) is 0 Å². The zero-order valence-electron chi connectivity index (χ0n) is 13.0. The largest absolute Gasteiger partial charge is 0.367 e. The molecule has 0 spiro atoms. The Morgan fingerprint density at radius 2 is 2.17 bits per heavy atom. The topological polar surface area (TPSA) is 89.9 Å². The predicted octanol–water partition coefficient (Wildman–Crippen LogP) is 1.61. The molecule has 2 aromatic heterocycles. The van der Waals surface area contributed by atoms with Gasteiger partial charge in [0, 0.05) is 37.3 Å². The Labute approximate surface area is 134 Å². The summed E-state index contributed by atoms with van der Waals surface area (Å²) < 4.78 is 5.84. The molecule has 0 bridgehead atoms. The van der Waals surface area contributed by atoms with Crippen LogP contribution in [0.15, 0.2) is 30.7 Å². The second-order valence-electron chi connectivity index (χ2n) is 5.74. The molecule has 7 nitrogen and oxygen atoms in total. The van der Waals surface area contributed by atoms with Gasteiger partial charge >= 0.3 is 0 Å². The van der Waals surface area contributed by atoms with Crippen molar-refractivity contribution in [1.82, 2.24) is 25.5 Å². The zero-order chi connectivity index (χ0) is 16.1. The van der Waals surface area contributed by atoms with E-state index in [0.717, 1.165) is 31.4 Å². The van der Waals surface area contributed by atoms with E-state index < -0.39 is 5.60 Å². The number of amides is 1. The minimum atomic E-state index is -0.403. The van der Waals surface area contributed by atoms with Crippen LogP contribution < -0.4 is 5.32 Å². The lowest BCUT2D eigenvalue weighted by Crippen LogP contribution is -2.32. The Bertz CT molecular complexity index is 654. The number of hydrogen-bond acceptors (Lipinski definition) is 6.